The number of benzene rings is 1. The Kier molecular flexibility index (Phi) is 10.4. The van der Waals surface area contributed by atoms with Crippen LogP contribution in [-0.4, -0.2) is 57.1 Å². The highest BCUT2D eigenvalue weighted by Crippen LogP contribution is 2.35. The van der Waals surface area contributed by atoms with Gasteiger partial charge in [0.15, 0.2) is 11.6 Å². The van der Waals surface area contributed by atoms with Gasteiger partial charge in [-0.05, 0) is 44.1 Å². The molecule has 0 atom stereocenters. The fourth-order valence-electron chi connectivity index (χ4n) is 4.13. The Morgan fingerprint density at radius 1 is 1.16 bits per heavy atom. The Balaban J connectivity index is 2.51. The van der Waals surface area contributed by atoms with Crippen LogP contribution in [0.2, 0.25) is 0 Å². The highest BCUT2D eigenvalue weighted by atomic mass is 19.1. The molecule has 7 nitrogen and oxygen atoms in total. The number of carbonyl (C=O) groups excluding carboxylic acids is 1. The van der Waals surface area contributed by atoms with E-state index in [-0.39, 0.29) is 48.6 Å². The molecule has 1 aliphatic carbocycles. The lowest BCUT2D eigenvalue weighted by Gasteiger charge is -2.36. The van der Waals surface area contributed by atoms with Gasteiger partial charge in [-0.1, -0.05) is 20.3 Å². The van der Waals surface area contributed by atoms with Gasteiger partial charge in [-0.25, -0.2) is 9.18 Å². The summed E-state index contributed by atoms with van der Waals surface area (Å²) in [6.07, 6.45) is 4.86. The van der Waals surface area contributed by atoms with Gasteiger partial charge >= 0.3 is 5.97 Å². The van der Waals surface area contributed by atoms with Crippen molar-refractivity contribution in [2.45, 2.75) is 58.4 Å². The molecular weight excluding hydrogens is 417 g/mol. The van der Waals surface area contributed by atoms with Crippen molar-refractivity contribution in [3.63, 3.8) is 0 Å². The van der Waals surface area contributed by atoms with Crippen molar-refractivity contribution in [2.75, 3.05) is 38.9 Å². The number of unbranched alkanes of at least 4 members (excludes halogenated alkanes) is 1. The first-order valence-corrected chi connectivity index (χ1v) is 11.3. The summed E-state index contributed by atoms with van der Waals surface area (Å²) in [5.41, 5.74) is -0.187. The molecule has 0 unspecified atom stereocenters. The molecule has 1 aliphatic rings. The smallest absolute Gasteiger partial charge is 0.337 e. The van der Waals surface area contributed by atoms with Crippen molar-refractivity contribution < 1.29 is 33.3 Å². The summed E-state index contributed by atoms with van der Waals surface area (Å²) in [4.78, 5) is 27.1. The average molecular weight is 454 g/mol. The van der Waals surface area contributed by atoms with E-state index in [0.717, 1.165) is 31.7 Å². The van der Waals surface area contributed by atoms with E-state index < -0.39 is 17.8 Å². The lowest BCUT2D eigenvalue weighted by Crippen LogP contribution is -2.49. The molecule has 1 N–H and O–H groups in total. The van der Waals surface area contributed by atoms with Crippen LogP contribution in [0.4, 0.5) is 10.1 Å². The number of carboxylic acids is 1. The van der Waals surface area contributed by atoms with Gasteiger partial charge in [-0.2, -0.15) is 0 Å². The number of carbonyl (C=O) groups is 2. The molecule has 1 aromatic carbocycles. The molecule has 0 heterocycles. The fraction of sp³-hybridized carbons (Fsp3) is 0.667. The summed E-state index contributed by atoms with van der Waals surface area (Å²) in [7, 11) is 2.99. The largest absolute Gasteiger partial charge is 0.490 e. The Morgan fingerprint density at radius 2 is 1.78 bits per heavy atom. The Labute approximate surface area is 189 Å². The minimum atomic E-state index is -1.26. The number of anilines is 1. The summed E-state index contributed by atoms with van der Waals surface area (Å²) in [5, 5.41) is 9.89. The number of methoxy groups -OCH3 is 2. The van der Waals surface area contributed by atoms with Crippen molar-refractivity contribution >= 4 is 17.6 Å². The molecule has 0 aliphatic heterocycles. The molecule has 1 fully saturated rings. The second kappa shape index (κ2) is 12.7. The van der Waals surface area contributed by atoms with Crippen LogP contribution < -0.4 is 9.64 Å². The van der Waals surface area contributed by atoms with E-state index in [1.54, 1.807) is 0 Å². The number of carboxylic acid groups (broad SMARTS) is 1. The zero-order valence-corrected chi connectivity index (χ0v) is 19.6. The van der Waals surface area contributed by atoms with Gasteiger partial charge in [-0.15, -0.1) is 0 Å². The number of ether oxygens (including phenoxy) is 3. The van der Waals surface area contributed by atoms with Crippen LogP contribution in [0.25, 0.3) is 0 Å². The molecule has 0 spiro atoms. The lowest BCUT2D eigenvalue weighted by atomic mass is 9.82. The quantitative estimate of drug-likeness (QED) is 0.468. The molecule has 32 heavy (non-hydrogen) atoms. The maximum absolute atomic E-state index is 15.0. The van der Waals surface area contributed by atoms with Gasteiger partial charge in [0.25, 0.3) is 0 Å². The number of aromatic carboxylic acids is 1. The standard InChI is InChI=1S/C24H36FNO6/c1-5-6-11-32-22-12-19(24(28)29)21(13-20(22)25)26(18(14-30-3)15-31-4)23(27)17-9-7-16(2)8-10-17/h12-13,16-18H,5-11,14-15H2,1-4H3,(H,28,29)/t16-,17-. The van der Waals surface area contributed by atoms with Gasteiger partial charge in [0.1, 0.15) is 0 Å². The molecule has 0 saturated heterocycles. The molecular formula is C24H36FNO6. The monoisotopic (exact) mass is 453 g/mol. The molecule has 8 heteroatoms. The van der Waals surface area contributed by atoms with Gasteiger partial charge in [0.2, 0.25) is 5.91 Å². The second-order valence-corrected chi connectivity index (χ2v) is 8.54. The predicted octanol–water partition coefficient (Wildman–Crippen LogP) is 4.52. The number of hydrogen-bond donors (Lipinski definition) is 1. The van der Waals surface area contributed by atoms with Crippen LogP contribution in [0.3, 0.4) is 0 Å². The molecule has 0 aromatic heterocycles. The summed E-state index contributed by atoms with van der Waals surface area (Å²) in [6.45, 7) is 4.67. The highest BCUT2D eigenvalue weighted by molar-refractivity contribution is 6.03. The van der Waals surface area contributed by atoms with Crippen molar-refractivity contribution in [2.24, 2.45) is 11.8 Å². The first-order chi connectivity index (χ1) is 15.3. The van der Waals surface area contributed by atoms with E-state index in [1.165, 1.54) is 25.2 Å². The number of nitrogens with zero attached hydrogens (tertiary/aromatic N) is 1. The van der Waals surface area contributed by atoms with E-state index in [4.69, 9.17) is 14.2 Å². The first kappa shape index (κ1) is 26.1. The highest BCUT2D eigenvalue weighted by Gasteiger charge is 2.35. The molecule has 1 aromatic rings. The van der Waals surface area contributed by atoms with Crippen molar-refractivity contribution in [3.8, 4) is 5.75 Å². The predicted molar refractivity (Wildman–Crippen MR) is 120 cm³/mol. The number of amides is 1. The van der Waals surface area contributed by atoms with Crippen LogP contribution in [-0.2, 0) is 14.3 Å². The summed E-state index contributed by atoms with van der Waals surface area (Å²) >= 11 is 0. The summed E-state index contributed by atoms with van der Waals surface area (Å²) in [6, 6.07) is 1.66. The van der Waals surface area contributed by atoms with E-state index >= 15 is 0 Å². The third-order valence-corrected chi connectivity index (χ3v) is 5.98. The molecule has 0 bridgehead atoms. The van der Waals surface area contributed by atoms with Gasteiger partial charge in [-0.3, -0.25) is 4.79 Å². The molecule has 1 amide bonds. The second-order valence-electron chi connectivity index (χ2n) is 8.54. The minimum Gasteiger partial charge on any atom is -0.490 e. The zero-order valence-electron chi connectivity index (χ0n) is 19.6. The third kappa shape index (κ3) is 6.65. The third-order valence-electron chi connectivity index (χ3n) is 5.98. The summed E-state index contributed by atoms with van der Waals surface area (Å²) < 4.78 is 31.0. The topological polar surface area (TPSA) is 85.3 Å². The molecule has 1 saturated carbocycles. The Hall–Kier alpha value is -2.19. The molecule has 2 rings (SSSR count). The van der Waals surface area contributed by atoms with E-state index in [2.05, 4.69) is 6.92 Å². The van der Waals surface area contributed by atoms with Crippen LogP contribution in [0.15, 0.2) is 12.1 Å². The fourth-order valence-corrected chi connectivity index (χ4v) is 4.13. The van der Waals surface area contributed by atoms with Crippen molar-refractivity contribution in [1.29, 1.82) is 0 Å². The van der Waals surface area contributed by atoms with Gasteiger partial charge in [0, 0.05) is 26.2 Å². The van der Waals surface area contributed by atoms with E-state index in [9.17, 15) is 19.1 Å². The van der Waals surface area contributed by atoms with Crippen LogP contribution in [0, 0.1) is 17.7 Å². The zero-order chi connectivity index (χ0) is 23.7. The number of halogens is 1. The molecule has 0 radical (unpaired) electrons. The van der Waals surface area contributed by atoms with E-state index in [1.807, 2.05) is 6.92 Å². The SMILES string of the molecule is CCCCOc1cc(C(=O)O)c(N(C(=O)[C@H]2CC[C@H](C)CC2)C(COC)COC)cc1F. The normalized spacial score (nSPS) is 18.6. The van der Waals surface area contributed by atoms with Crippen LogP contribution in [0.1, 0.15) is 62.7 Å². The Morgan fingerprint density at radius 3 is 2.31 bits per heavy atom. The maximum atomic E-state index is 15.0. The minimum absolute atomic E-state index is 0.000522. The average Bonchev–Trinajstić information content (AvgIpc) is 2.76. The lowest BCUT2D eigenvalue weighted by molar-refractivity contribution is -0.124. The number of rotatable bonds is 12. The maximum Gasteiger partial charge on any atom is 0.337 e. The summed E-state index contributed by atoms with van der Waals surface area (Å²) in [5.74, 6) is -2.03. The Bertz CT molecular complexity index is 757. The van der Waals surface area contributed by atoms with E-state index in [0.29, 0.717) is 18.8 Å². The van der Waals surface area contributed by atoms with Gasteiger partial charge < -0.3 is 24.2 Å². The first-order valence-electron chi connectivity index (χ1n) is 11.3. The van der Waals surface area contributed by atoms with Gasteiger partial charge in [0.05, 0.1) is 37.1 Å². The van der Waals surface area contributed by atoms with Crippen LogP contribution >= 0.6 is 0 Å². The number of hydrogen-bond acceptors (Lipinski definition) is 5. The molecule has 180 valence electrons. The van der Waals surface area contributed by atoms with Crippen molar-refractivity contribution in [3.05, 3.63) is 23.5 Å². The van der Waals surface area contributed by atoms with Crippen molar-refractivity contribution in [1.82, 2.24) is 0 Å². The van der Waals surface area contributed by atoms with Crippen LogP contribution in [0.5, 0.6) is 5.75 Å².